The van der Waals surface area contributed by atoms with Crippen LogP contribution < -0.4 is 15.4 Å². The number of anilines is 1. The minimum Gasteiger partial charge on any atom is -0.350 e. The van der Waals surface area contributed by atoms with Gasteiger partial charge in [-0.25, -0.2) is 8.42 Å². The van der Waals surface area contributed by atoms with Gasteiger partial charge in [0.25, 0.3) is 21.8 Å². The Morgan fingerprint density at radius 3 is 2.03 bits per heavy atom. The highest BCUT2D eigenvalue weighted by molar-refractivity contribution is 7.92. The summed E-state index contributed by atoms with van der Waals surface area (Å²) in [4.78, 5) is 24.4. The van der Waals surface area contributed by atoms with Crippen LogP contribution in [0.2, 0.25) is 0 Å². The maximum Gasteiger partial charge on any atom is 0.261 e. The first kappa shape index (κ1) is 22.0. The van der Waals surface area contributed by atoms with Gasteiger partial charge in [0.05, 0.1) is 4.90 Å². The van der Waals surface area contributed by atoms with Crippen molar-refractivity contribution in [2.24, 2.45) is 0 Å². The van der Waals surface area contributed by atoms with E-state index in [1.807, 2.05) is 19.1 Å². The third-order valence-electron chi connectivity index (χ3n) is 4.41. The Balaban J connectivity index is 1.57. The summed E-state index contributed by atoms with van der Waals surface area (Å²) >= 11 is 0. The van der Waals surface area contributed by atoms with Gasteiger partial charge in [-0.05, 0) is 55.0 Å². The number of carbonyl (C=O) groups is 2. The molecule has 0 saturated carbocycles. The zero-order valence-electron chi connectivity index (χ0n) is 17.0. The van der Waals surface area contributed by atoms with Crippen LogP contribution >= 0.6 is 0 Å². The monoisotopic (exact) mass is 437 g/mol. The second kappa shape index (κ2) is 9.90. The normalized spacial score (nSPS) is 10.9. The van der Waals surface area contributed by atoms with E-state index in [1.54, 1.807) is 42.5 Å². The fourth-order valence-corrected chi connectivity index (χ4v) is 3.97. The zero-order chi connectivity index (χ0) is 22.3. The molecule has 0 heterocycles. The van der Waals surface area contributed by atoms with Crippen molar-refractivity contribution in [2.45, 2.75) is 11.8 Å². The molecule has 7 nitrogen and oxygen atoms in total. The molecular weight excluding hydrogens is 414 g/mol. The molecule has 31 heavy (non-hydrogen) atoms. The van der Waals surface area contributed by atoms with E-state index in [1.165, 1.54) is 24.3 Å². The van der Waals surface area contributed by atoms with Gasteiger partial charge in [0.2, 0.25) is 0 Å². The lowest BCUT2D eigenvalue weighted by Crippen LogP contribution is -2.34. The summed E-state index contributed by atoms with van der Waals surface area (Å²) in [6.07, 6.45) is 0. The van der Waals surface area contributed by atoms with Crippen molar-refractivity contribution in [3.05, 3.63) is 95.6 Å². The number of rotatable bonds is 8. The number of aryl methyl sites for hydroxylation is 1. The highest BCUT2D eigenvalue weighted by Gasteiger charge is 2.16. The molecule has 0 atom stereocenters. The first-order chi connectivity index (χ1) is 14.8. The van der Waals surface area contributed by atoms with Crippen LogP contribution in [0.4, 0.5) is 5.69 Å². The summed E-state index contributed by atoms with van der Waals surface area (Å²) in [5.74, 6) is -0.660. The molecule has 8 heteroatoms. The summed E-state index contributed by atoms with van der Waals surface area (Å²) in [5, 5.41) is 5.39. The number of nitrogens with one attached hydrogen (secondary N) is 3. The molecule has 0 bridgehead atoms. The molecule has 0 aliphatic heterocycles. The minimum absolute atomic E-state index is 0.0148. The van der Waals surface area contributed by atoms with E-state index < -0.39 is 15.9 Å². The SMILES string of the molecule is Cc1cccc(NS(=O)(=O)c2cccc(C(=O)NCCNC(=O)c3ccccc3)c2)c1. The molecule has 3 aromatic carbocycles. The largest absolute Gasteiger partial charge is 0.350 e. The number of carbonyl (C=O) groups excluding carboxylic acids is 2. The standard InChI is InChI=1S/C23H23N3O4S/c1-17-7-5-11-20(15-17)26-31(29,30)21-12-6-10-19(16-21)23(28)25-14-13-24-22(27)18-8-3-2-4-9-18/h2-12,15-16,26H,13-14H2,1H3,(H,24,27)(H,25,28). The van der Waals surface area contributed by atoms with E-state index in [-0.39, 0.29) is 29.5 Å². The maximum atomic E-state index is 12.7. The summed E-state index contributed by atoms with van der Waals surface area (Å²) in [6.45, 7) is 2.31. The van der Waals surface area contributed by atoms with E-state index in [2.05, 4.69) is 15.4 Å². The molecule has 3 N–H and O–H groups in total. The molecule has 0 aliphatic carbocycles. The van der Waals surface area contributed by atoms with Crippen LogP contribution in [-0.2, 0) is 10.0 Å². The van der Waals surface area contributed by atoms with Crippen LogP contribution in [0.15, 0.2) is 83.8 Å². The van der Waals surface area contributed by atoms with E-state index in [0.717, 1.165) is 5.56 Å². The summed E-state index contributed by atoms with van der Waals surface area (Å²) in [7, 11) is -3.84. The Labute approximate surface area is 181 Å². The average Bonchev–Trinajstić information content (AvgIpc) is 2.77. The predicted octanol–water partition coefficient (Wildman–Crippen LogP) is 2.96. The second-order valence-corrected chi connectivity index (χ2v) is 8.56. The molecule has 3 rings (SSSR count). The van der Waals surface area contributed by atoms with Gasteiger partial charge in [-0.15, -0.1) is 0 Å². The summed E-state index contributed by atoms with van der Waals surface area (Å²) in [6, 6.07) is 21.5. The van der Waals surface area contributed by atoms with Gasteiger partial charge in [0.1, 0.15) is 0 Å². The molecule has 0 spiro atoms. The minimum atomic E-state index is -3.84. The third kappa shape index (κ3) is 6.16. The quantitative estimate of drug-likeness (QED) is 0.471. The number of hydrogen-bond acceptors (Lipinski definition) is 4. The van der Waals surface area contributed by atoms with Gasteiger partial charge < -0.3 is 10.6 Å². The van der Waals surface area contributed by atoms with E-state index in [0.29, 0.717) is 11.3 Å². The molecule has 0 saturated heterocycles. The fourth-order valence-electron chi connectivity index (χ4n) is 2.87. The molecule has 3 aromatic rings. The van der Waals surface area contributed by atoms with Gasteiger partial charge >= 0.3 is 0 Å². The Bertz CT molecular complexity index is 1180. The molecule has 160 valence electrons. The maximum absolute atomic E-state index is 12.7. The Hall–Kier alpha value is -3.65. The van der Waals surface area contributed by atoms with Crippen molar-refractivity contribution in [3.63, 3.8) is 0 Å². The topological polar surface area (TPSA) is 104 Å². The van der Waals surface area contributed by atoms with Gasteiger partial charge in [-0.1, -0.05) is 36.4 Å². The molecule has 0 fully saturated rings. The van der Waals surface area contributed by atoms with Crippen molar-refractivity contribution in [1.82, 2.24) is 10.6 Å². The van der Waals surface area contributed by atoms with Crippen LogP contribution in [0.1, 0.15) is 26.3 Å². The number of sulfonamides is 1. The zero-order valence-corrected chi connectivity index (χ0v) is 17.8. The number of benzene rings is 3. The lowest BCUT2D eigenvalue weighted by Gasteiger charge is -2.11. The highest BCUT2D eigenvalue weighted by atomic mass is 32.2. The smallest absolute Gasteiger partial charge is 0.261 e. The Morgan fingerprint density at radius 2 is 1.35 bits per heavy atom. The van der Waals surface area contributed by atoms with Gasteiger partial charge in [0, 0.05) is 29.9 Å². The third-order valence-corrected chi connectivity index (χ3v) is 5.79. The van der Waals surface area contributed by atoms with Crippen LogP contribution in [0, 0.1) is 6.92 Å². The average molecular weight is 438 g/mol. The first-order valence-electron chi connectivity index (χ1n) is 9.66. The molecule has 0 aliphatic rings. The number of hydrogen-bond donors (Lipinski definition) is 3. The van der Waals surface area contributed by atoms with Crippen molar-refractivity contribution in [3.8, 4) is 0 Å². The van der Waals surface area contributed by atoms with Crippen molar-refractivity contribution < 1.29 is 18.0 Å². The van der Waals surface area contributed by atoms with Gasteiger partial charge in [-0.2, -0.15) is 0 Å². The number of amides is 2. The lowest BCUT2D eigenvalue weighted by atomic mass is 10.2. The van der Waals surface area contributed by atoms with Crippen molar-refractivity contribution in [2.75, 3.05) is 17.8 Å². The van der Waals surface area contributed by atoms with E-state index >= 15 is 0 Å². The molecule has 0 radical (unpaired) electrons. The molecule has 2 amide bonds. The molecular formula is C23H23N3O4S. The van der Waals surface area contributed by atoms with Crippen molar-refractivity contribution in [1.29, 1.82) is 0 Å². The van der Waals surface area contributed by atoms with Crippen LogP contribution in [0.5, 0.6) is 0 Å². The van der Waals surface area contributed by atoms with Gasteiger partial charge in [-0.3, -0.25) is 14.3 Å². The lowest BCUT2D eigenvalue weighted by molar-refractivity contribution is 0.0927. The Kier molecular flexibility index (Phi) is 7.04. The summed E-state index contributed by atoms with van der Waals surface area (Å²) in [5.41, 5.74) is 2.12. The highest BCUT2D eigenvalue weighted by Crippen LogP contribution is 2.18. The summed E-state index contributed by atoms with van der Waals surface area (Å²) < 4.78 is 27.8. The van der Waals surface area contributed by atoms with Crippen molar-refractivity contribution >= 4 is 27.5 Å². The Morgan fingerprint density at radius 1 is 0.742 bits per heavy atom. The molecule has 0 unspecified atom stereocenters. The van der Waals surface area contributed by atoms with Crippen LogP contribution in [-0.4, -0.2) is 33.3 Å². The molecule has 0 aromatic heterocycles. The van der Waals surface area contributed by atoms with Crippen LogP contribution in [0.25, 0.3) is 0 Å². The van der Waals surface area contributed by atoms with Crippen LogP contribution in [0.3, 0.4) is 0 Å². The first-order valence-corrected chi connectivity index (χ1v) is 11.1. The fraction of sp³-hybridized carbons (Fsp3) is 0.130. The van der Waals surface area contributed by atoms with Gasteiger partial charge in [0.15, 0.2) is 0 Å². The van der Waals surface area contributed by atoms with E-state index in [9.17, 15) is 18.0 Å². The predicted molar refractivity (Wildman–Crippen MR) is 120 cm³/mol. The van der Waals surface area contributed by atoms with E-state index in [4.69, 9.17) is 0 Å². The second-order valence-electron chi connectivity index (χ2n) is 6.88.